The second kappa shape index (κ2) is 9.46. The molecule has 25 heavy (non-hydrogen) atoms. The van der Waals surface area contributed by atoms with Gasteiger partial charge >= 0.3 is 0 Å². The molecule has 1 aliphatic rings. The van der Waals surface area contributed by atoms with Gasteiger partial charge in [0.25, 0.3) is 0 Å². The van der Waals surface area contributed by atoms with Gasteiger partial charge in [-0.15, -0.1) is 0 Å². The van der Waals surface area contributed by atoms with Gasteiger partial charge in [0.1, 0.15) is 29.6 Å². The molecule has 1 saturated heterocycles. The lowest BCUT2D eigenvalue weighted by molar-refractivity contribution is -0.0677. The minimum atomic E-state index is -1.21. The van der Waals surface area contributed by atoms with Crippen LogP contribution in [-0.2, 0) is 4.74 Å². The van der Waals surface area contributed by atoms with Gasteiger partial charge in [-0.1, -0.05) is 26.7 Å². The Kier molecular flexibility index (Phi) is 7.59. The highest BCUT2D eigenvalue weighted by Gasteiger charge is 2.35. The van der Waals surface area contributed by atoms with Crippen molar-refractivity contribution in [2.24, 2.45) is 0 Å². The van der Waals surface area contributed by atoms with Crippen molar-refractivity contribution in [1.82, 2.24) is 4.90 Å². The molecule has 0 saturated carbocycles. The van der Waals surface area contributed by atoms with E-state index in [0.29, 0.717) is 19.2 Å². The molecular formula is C19H29F2NO3. The van der Waals surface area contributed by atoms with E-state index in [2.05, 4.69) is 18.7 Å². The number of halogens is 2. The molecule has 1 fully saturated rings. The molecule has 0 bridgehead atoms. The van der Waals surface area contributed by atoms with Crippen molar-refractivity contribution in [2.75, 3.05) is 32.9 Å². The first-order valence-corrected chi connectivity index (χ1v) is 9.09. The maximum absolute atomic E-state index is 13.3. The summed E-state index contributed by atoms with van der Waals surface area (Å²) in [6, 6.07) is 3.41. The van der Waals surface area contributed by atoms with Crippen LogP contribution in [0.3, 0.4) is 0 Å². The highest BCUT2D eigenvalue weighted by molar-refractivity contribution is 5.24. The van der Waals surface area contributed by atoms with Gasteiger partial charge in [0, 0.05) is 37.3 Å². The minimum absolute atomic E-state index is 0.0698. The summed E-state index contributed by atoms with van der Waals surface area (Å²) < 4.78 is 37.6. The van der Waals surface area contributed by atoms with E-state index in [-0.39, 0.29) is 19.0 Å². The van der Waals surface area contributed by atoms with Crippen LogP contribution in [0, 0.1) is 11.6 Å². The molecule has 0 aromatic heterocycles. The maximum Gasteiger partial charge on any atom is 0.134 e. The summed E-state index contributed by atoms with van der Waals surface area (Å²) >= 11 is 0. The van der Waals surface area contributed by atoms with E-state index in [1.165, 1.54) is 0 Å². The van der Waals surface area contributed by atoms with Crippen LogP contribution in [0.5, 0.6) is 5.75 Å². The summed E-state index contributed by atoms with van der Waals surface area (Å²) in [5, 5.41) is 10.9. The molecule has 2 rings (SSSR count). The Morgan fingerprint density at radius 2 is 1.84 bits per heavy atom. The third-order valence-electron chi connectivity index (χ3n) is 4.49. The average Bonchev–Trinajstić information content (AvgIpc) is 2.74. The number of β-amino-alcohol motifs (C(OH)–C–C–N with tert-alkyl or cyclic N) is 1. The van der Waals surface area contributed by atoms with Crippen LogP contribution in [0.1, 0.15) is 39.5 Å². The monoisotopic (exact) mass is 357 g/mol. The Labute approximate surface area is 148 Å². The average molecular weight is 357 g/mol. The van der Waals surface area contributed by atoms with E-state index in [9.17, 15) is 13.9 Å². The zero-order valence-corrected chi connectivity index (χ0v) is 15.1. The fourth-order valence-corrected chi connectivity index (χ4v) is 3.35. The quantitative estimate of drug-likeness (QED) is 0.775. The zero-order valence-electron chi connectivity index (χ0n) is 15.1. The van der Waals surface area contributed by atoms with E-state index in [4.69, 9.17) is 9.47 Å². The molecule has 0 spiro atoms. The fraction of sp³-hybridized carbons (Fsp3) is 0.684. The fourth-order valence-electron chi connectivity index (χ4n) is 3.35. The minimum Gasteiger partial charge on any atom is -0.490 e. The molecule has 1 N–H and O–H groups in total. The van der Waals surface area contributed by atoms with E-state index >= 15 is 0 Å². The Bertz CT molecular complexity index is 517. The van der Waals surface area contributed by atoms with Gasteiger partial charge in [-0.05, 0) is 12.8 Å². The number of rotatable bonds is 8. The second-order valence-corrected chi connectivity index (χ2v) is 6.87. The molecule has 0 radical (unpaired) electrons. The maximum atomic E-state index is 13.3. The molecule has 0 aliphatic carbocycles. The lowest BCUT2D eigenvalue weighted by Gasteiger charge is -2.35. The van der Waals surface area contributed by atoms with Crippen LogP contribution >= 0.6 is 0 Å². The Balaban J connectivity index is 2.03. The number of aliphatic hydroxyl groups is 1. The summed E-state index contributed by atoms with van der Waals surface area (Å²) in [6.07, 6.45) is 4.30. The van der Waals surface area contributed by atoms with Gasteiger partial charge in [-0.25, -0.2) is 8.78 Å². The lowest BCUT2D eigenvalue weighted by Crippen LogP contribution is -2.51. The van der Waals surface area contributed by atoms with Gasteiger partial charge in [-0.2, -0.15) is 0 Å². The van der Waals surface area contributed by atoms with Crippen molar-refractivity contribution in [2.45, 2.75) is 51.2 Å². The number of hydrogen-bond acceptors (Lipinski definition) is 4. The first-order valence-electron chi connectivity index (χ1n) is 9.09. The third kappa shape index (κ3) is 6.20. The van der Waals surface area contributed by atoms with Crippen molar-refractivity contribution in [1.29, 1.82) is 0 Å². The molecule has 0 unspecified atom stereocenters. The topological polar surface area (TPSA) is 41.9 Å². The number of hydrogen-bond donors (Lipinski definition) is 1. The lowest BCUT2D eigenvalue weighted by atomic mass is 10.0. The van der Waals surface area contributed by atoms with Gasteiger partial charge in [0.15, 0.2) is 0 Å². The predicted molar refractivity (Wildman–Crippen MR) is 92.8 cm³/mol. The first-order chi connectivity index (χ1) is 12.0. The summed E-state index contributed by atoms with van der Waals surface area (Å²) in [5.74, 6) is -1.33. The van der Waals surface area contributed by atoms with E-state index in [0.717, 1.165) is 50.4 Å². The molecule has 1 aliphatic heterocycles. The van der Waals surface area contributed by atoms with Crippen LogP contribution in [0.4, 0.5) is 8.78 Å². The first kappa shape index (κ1) is 20.1. The molecule has 4 nitrogen and oxygen atoms in total. The standard InChI is InChI=1S/C19H29F2NO3/c1-3-5-17(6-4-2)22-7-8-24-13-19(23,12-22)14-25-18-10-15(20)9-16(21)11-18/h9-11,17,23H,3-8,12-14H2,1-2H3/t19-/m0/s1. The molecule has 1 heterocycles. The SMILES string of the molecule is CCCC(CCC)N1CCOC[C@](O)(COc2cc(F)cc(F)c2)C1. The largest absolute Gasteiger partial charge is 0.490 e. The van der Waals surface area contributed by atoms with Crippen molar-refractivity contribution in [3.8, 4) is 5.75 Å². The molecule has 142 valence electrons. The van der Waals surface area contributed by atoms with Crippen molar-refractivity contribution in [3.05, 3.63) is 29.8 Å². The van der Waals surface area contributed by atoms with Crippen LogP contribution in [-0.4, -0.2) is 54.6 Å². The van der Waals surface area contributed by atoms with Crippen LogP contribution in [0.25, 0.3) is 0 Å². The predicted octanol–water partition coefficient (Wildman–Crippen LogP) is 3.38. The molecule has 1 aromatic carbocycles. The van der Waals surface area contributed by atoms with E-state index < -0.39 is 17.2 Å². The molecule has 0 amide bonds. The Hall–Kier alpha value is -1.24. The van der Waals surface area contributed by atoms with E-state index in [1.54, 1.807) is 0 Å². The molecule has 1 aromatic rings. The van der Waals surface area contributed by atoms with Crippen molar-refractivity contribution < 1.29 is 23.4 Å². The van der Waals surface area contributed by atoms with Gasteiger partial charge in [-0.3, -0.25) is 4.90 Å². The number of ether oxygens (including phenoxy) is 2. The summed E-state index contributed by atoms with van der Waals surface area (Å²) in [6.45, 7) is 6.14. The summed E-state index contributed by atoms with van der Waals surface area (Å²) in [5.41, 5.74) is -1.21. The summed E-state index contributed by atoms with van der Waals surface area (Å²) in [4.78, 5) is 2.26. The summed E-state index contributed by atoms with van der Waals surface area (Å²) in [7, 11) is 0. The van der Waals surface area contributed by atoms with Crippen molar-refractivity contribution in [3.63, 3.8) is 0 Å². The van der Waals surface area contributed by atoms with Crippen LogP contribution < -0.4 is 4.74 Å². The Morgan fingerprint density at radius 3 is 2.44 bits per heavy atom. The van der Waals surface area contributed by atoms with Gasteiger partial charge < -0.3 is 14.6 Å². The molecular weight excluding hydrogens is 328 g/mol. The smallest absolute Gasteiger partial charge is 0.134 e. The Morgan fingerprint density at radius 1 is 1.20 bits per heavy atom. The number of nitrogens with zero attached hydrogens (tertiary/aromatic N) is 1. The highest BCUT2D eigenvalue weighted by atomic mass is 19.1. The van der Waals surface area contributed by atoms with E-state index in [1.807, 2.05) is 0 Å². The van der Waals surface area contributed by atoms with Crippen LogP contribution in [0.2, 0.25) is 0 Å². The molecule has 6 heteroatoms. The van der Waals surface area contributed by atoms with Gasteiger partial charge in [0.2, 0.25) is 0 Å². The second-order valence-electron chi connectivity index (χ2n) is 6.87. The van der Waals surface area contributed by atoms with Gasteiger partial charge in [0.05, 0.1) is 13.2 Å². The van der Waals surface area contributed by atoms with Crippen LogP contribution in [0.15, 0.2) is 18.2 Å². The third-order valence-corrected chi connectivity index (χ3v) is 4.49. The van der Waals surface area contributed by atoms with Crippen molar-refractivity contribution >= 4 is 0 Å². The highest BCUT2D eigenvalue weighted by Crippen LogP contribution is 2.22. The molecule has 1 atom stereocenters. The number of benzene rings is 1. The normalized spacial score (nSPS) is 22.2. The zero-order chi connectivity index (χ0) is 18.3.